The largest absolute Gasteiger partial charge is 0.345 e. The highest BCUT2D eigenvalue weighted by Crippen LogP contribution is 2.18. The van der Waals surface area contributed by atoms with Gasteiger partial charge in [-0.1, -0.05) is 54.1 Å². The maximum atomic E-state index is 12.8. The molecular formula is C24H26N2OS. The van der Waals surface area contributed by atoms with E-state index in [9.17, 15) is 4.79 Å². The summed E-state index contributed by atoms with van der Waals surface area (Å²) in [6, 6.07) is 22.7. The first kappa shape index (κ1) is 20.0. The van der Waals surface area contributed by atoms with Crippen molar-refractivity contribution >= 4 is 17.7 Å². The zero-order valence-corrected chi connectivity index (χ0v) is 17.1. The van der Waals surface area contributed by atoms with E-state index in [1.165, 1.54) is 11.1 Å². The second kappa shape index (κ2) is 10.00. The highest BCUT2D eigenvalue weighted by Gasteiger charge is 2.15. The Balaban J connectivity index is 1.66. The maximum absolute atomic E-state index is 12.8. The van der Waals surface area contributed by atoms with Gasteiger partial charge in [-0.15, -0.1) is 18.3 Å². The lowest BCUT2D eigenvalue weighted by molar-refractivity contribution is -0.128. The lowest BCUT2D eigenvalue weighted by atomic mass is 10.1. The van der Waals surface area contributed by atoms with Crippen molar-refractivity contribution in [2.24, 2.45) is 0 Å². The van der Waals surface area contributed by atoms with E-state index in [1.807, 2.05) is 41.3 Å². The third-order valence-corrected chi connectivity index (χ3v) is 5.52. The van der Waals surface area contributed by atoms with Crippen molar-refractivity contribution < 1.29 is 4.79 Å². The molecule has 0 N–H and O–H groups in total. The van der Waals surface area contributed by atoms with E-state index in [0.29, 0.717) is 18.8 Å². The third kappa shape index (κ3) is 5.64. The normalized spacial score (nSPS) is 10.6. The number of carbonyl (C=O) groups excluding carboxylic acids is 1. The highest BCUT2D eigenvalue weighted by molar-refractivity contribution is 8.00. The molecule has 3 nitrogen and oxygen atoms in total. The van der Waals surface area contributed by atoms with Gasteiger partial charge in [0.25, 0.3) is 0 Å². The van der Waals surface area contributed by atoms with Crippen LogP contribution >= 0.6 is 11.8 Å². The zero-order valence-electron chi connectivity index (χ0n) is 16.3. The first-order valence-corrected chi connectivity index (χ1v) is 10.4. The standard InChI is InChI=1S/C24H26N2OS/c1-3-14-26(24(27)19-28-23-12-5-4-6-13-23)18-22-11-8-15-25(22)17-21-10-7-9-20(2)16-21/h3-13,15-16H,1,14,17-19H2,2H3. The van der Waals surface area contributed by atoms with Gasteiger partial charge in [-0.2, -0.15) is 0 Å². The van der Waals surface area contributed by atoms with Crippen molar-refractivity contribution in [1.29, 1.82) is 0 Å². The molecule has 1 amide bonds. The predicted molar refractivity (Wildman–Crippen MR) is 117 cm³/mol. The molecule has 3 aromatic rings. The molecule has 0 bridgehead atoms. The minimum Gasteiger partial charge on any atom is -0.345 e. The molecular weight excluding hydrogens is 364 g/mol. The third-order valence-electron chi connectivity index (χ3n) is 4.52. The fourth-order valence-electron chi connectivity index (χ4n) is 3.11. The van der Waals surface area contributed by atoms with E-state index in [4.69, 9.17) is 0 Å². The lowest BCUT2D eigenvalue weighted by Gasteiger charge is -2.22. The first-order chi connectivity index (χ1) is 13.7. The molecule has 0 aliphatic heterocycles. The second-order valence-electron chi connectivity index (χ2n) is 6.78. The average molecular weight is 391 g/mol. The molecule has 2 aromatic carbocycles. The first-order valence-electron chi connectivity index (χ1n) is 9.42. The van der Waals surface area contributed by atoms with Gasteiger partial charge in [0.1, 0.15) is 0 Å². The lowest BCUT2D eigenvalue weighted by Crippen LogP contribution is -2.33. The Bertz CT molecular complexity index is 917. The van der Waals surface area contributed by atoms with Crippen LogP contribution in [0.2, 0.25) is 0 Å². The molecule has 0 saturated heterocycles. The van der Waals surface area contributed by atoms with Crippen LogP contribution in [0.1, 0.15) is 16.8 Å². The number of hydrogen-bond acceptors (Lipinski definition) is 2. The summed E-state index contributed by atoms with van der Waals surface area (Å²) in [5, 5.41) is 0. The van der Waals surface area contributed by atoms with Crippen molar-refractivity contribution in [3.63, 3.8) is 0 Å². The van der Waals surface area contributed by atoms with Crippen molar-refractivity contribution in [3.05, 3.63) is 102 Å². The summed E-state index contributed by atoms with van der Waals surface area (Å²) in [5.74, 6) is 0.549. The Kier molecular flexibility index (Phi) is 7.15. The molecule has 0 unspecified atom stereocenters. The highest BCUT2D eigenvalue weighted by atomic mass is 32.2. The van der Waals surface area contributed by atoms with Crippen LogP contribution in [0.25, 0.3) is 0 Å². The molecule has 0 radical (unpaired) electrons. The van der Waals surface area contributed by atoms with Crippen LogP contribution in [-0.2, 0) is 17.9 Å². The fourth-order valence-corrected chi connectivity index (χ4v) is 3.94. The minimum atomic E-state index is 0.122. The SMILES string of the molecule is C=CCN(Cc1cccn1Cc1cccc(C)c1)C(=O)CSc1ccccc1. The Morgan fingerprint density at radius 2 is 1.93 bits per heavy atom. The number of aryl methyl sites for hydroxylation is 1. The van der Waals surface area contributed by atoms with E-state index >= 15 is 0 Å². The summed E-state index contributed by atoms with van der Waals surface area (Å²) in [7, 11) is 0. The van der Waals surface area contributed by atoms with Gasteiger partial charge in [0.2, 0.25) is 5.91 Å². The Morgan fingerprint density at radius 1 is 1.11 bits per heavy atom. The summed E-state index contributed by atoms with van der Waals surface area (Å²) < 4.78 is 2.21. The molecule has 0 atom stereocenters. The summed E-state index contributed by atoms with van der Waals surface area (Å²) in [6.07, 6.45) is 3.87. The van der Waals surface area contributed by atoms with Crippen molar-refractivity contribution in [3.8, 4) is 0 Å². The van der Waals surface area contributed by atoms with Gasteiger partial charge < -0.3 is 9.47 Å². The van der Waals surface area contributed by atoms with Crippen LogP contribution in [0, 0.1) is 6.92 Å². The molecule has 1 aromatic heterocycles. The molecule has 0 aliphatic carbocycles. The van der Waals surface area contributed by atoms with Gasteiger partial charge in [-0.3, -0.25) is 4.79 Å². The molecule has 4 heteroatoms. The molecule has 0 saturated carbocycles. The zero-order chi connectivity index (χ0) is 19.8. The molecule has 144 valence electrons. The molecule has 3 rings (SSSR count). The summed E-state index contributed by atoms with van der Waals surface area (Å²) >= 11 is 1.57. The number of amides is 1. The van der Waals surface area contributed by atoms with Gasteiger partial charge in [0.15, 0.2) is 0 Å². The molecule has 0 aliphatic rings. The van der Waals surface area contributed by atoms with Gasteiger partial charge >= 0.3 is 0 Å². The number of carbonyl (C=O) groups is 1. The van der Waals surface area contributed by atoms with Crippen LogP contribution < -0.4 is 0 Å². The minimum absolute atomic E-state index is 0.122. The van der Waals surface area contributed by atoms with Gasteiger partial charge in [0.05, 0.1) is 12.3 Å². The maximum Gasteiger partial charge on any atom is 0.233 e. The van der Waals surface area contributed by atoms with Crippen molar-refractivity contribution in [2.75, 3.05) is 12.3 Å². The second-order valence-corrected chi connectivity index (χ2v) is 7.83. The van der Waals surface area contributed by atoms with E-state index in [1.54, 1.807) is 17.8 Å². The van der Waals surface area contributed by atoms with E-state index in [0.717, 1.165) is 17.1 Å². The van der Waals surface area contributed by atoms with Crippen LogP contribution in [-0.4, -0.2) is 27.7 Å². The average Bonchev–Trinajstić information content (AvgIpc) is 3.13. The van der Waals surface area contributed by atoms with E-state index in [-0.39, 0.29) is 5.91 Å². The van der Waals surface area contributed by atoms with Gasteiger partial charge in [-0.25, -0.2) is 0 Å². The fraction of sp³-hybridized carbons (Fsp3) is 0.208. The van der Waals surface area contributed by atoms with E-state index in [2.05, 4.69) is 54.6 Å². The topological polar surface area (TPSA) is 25.2 Å². The molecule has 0 fully saturated rings. The number of benzene rings is 2. The molecule has 0 spiro atoms. The van der Waals surface area contributed by atoms with Crippen LogP contribution in [0.4, 0.5) is 0 Å². The summed E-state index contributed by atoms with van der Waals surface area (Å²) in [5.41, 5.74) is 3.65. The molecule has 1 heterocycles. The number of thioether (sulfide) groups is 1. The molecule has 28 heavy (non-hydrogen) atoms. The Morgan fingerprint density at radius 3 is 2.68 bits per heavy atom. The van der Waals surface area contributed by atoms with Gasteiger partial charge in [0, 0.05) is 29.9 Å². The van der Waals surface area contributed by atoms with Crippen LogP contribution in [0.5, 0.6) is 0 Å². The number of aromatic nitrogens is 1. The summed E-state index contributed by atoms with van der Waals surface area (Å²) in [6.45, 7) is 7.86. The van der Waals surface area contributed by atoms with Crippen molar-refractivity contribution in [2.45, 2.75) is 24.9 Å². The monoisotopic (exact) mass is 390 g/mol. The van der Waals surface area contributed by atoms with Gasteiger partial charge in [-0.05, 0) is 36.8 Å². The quantitative estimate of drug-likeness (QED) is 0.373. The Hall–Kier alpha value is -2.72. The van der Waals surface area contributed by atoms with Crippen LogP contribution in [0.15, 0.2) is 90.5 Å². The van der Waals surface area contributed by atoms with Crippen molar-refractivity contribution in [1.82, 2.24) is 9.47 Å². The van der Waals surface area contributed by atoms with E-state index < -0.39 is 0 Å². The van der Waals surface area contributed by atoms with Crippen LogP contribution in [0.3, 0.4) is 0 Å². The summed E-state index contributed by atoms with van der Waals surface area (Å²) in [4.78, 5) is 15.8. The number of rotatable bonds is 9. The Labute approximate surface area is 171 Å². The number of hydrogen-bond donors (Lipinski definition) is 0. The number of nitrogens with zero attached hydrogens (tertiary/aromatic N) is 2. The smallest absolute Gasteiger partial charge is 0.233 e. The predicted octanol–water partition coefficient (Wildman–Crippen LogP) is 5.15.